The summed E-state index contributed by atoms with van der Waals surface area (Å²) in [7, 11) is 0. The molecule has 0 fully saturated rings. The van der Waals surface area contributed by atoms with E-state index in [0.717, 1.165) is 39.5 Å². The van der Waals surface area contributed by atoms with Crippen molar-refractivity contribution in [3.05, 3.63) is 58.7 Å². The highest BCUT2D eigenvalue weighted by atomic mass is 32.2. The Morgan fingerprint density at radius 2 is 1.81 bits per heavy atom. The molecule has 1 aliphatic rings. The van der Waals surface area contributed by atoms with Gasteiger partial charge < -0.3 is 9.47 Å². The van der Waals surface area contributed by atoms with Crippen LogP contribution in [0.3, 0.4) is 0 Å². The van der Waals surface area contributed by atoms with Gasteiger partial charge in [-0.25, -0.2) is 0 Å². The summed E-state index contributed by atoms with van der Waals surface area (Å²) in [5.41, 5.74) is 3.97. The molecule has 31 heavy (non-hydrogen) atoms. The molecule has 0 spiro atoms. The molecule has 0 amide bonds. The van der Waals surface area contributed by atoms with E-state index >= 15 is 0 Å². The van der Waals surface area contributed by atoms with Gasteiger partial charge in [0.05, 0.1) is 13.0 Å². The number of carbonyl (C=O) groups excluding carboxylic acids is 1. The first-order valence-electron chi connectivity index (χ1n) is 10.9. The third-order valence-corrected chi connectivity index (χ3v) is 6.25. The van der Waals surface area contributed by atoms with E-state index in [4.69, 9.17) is 9.47 Å². The molecule has 0 N–H and O–H groups in total. The molecule has 0 atom stereocenters. The summed E-state index contributed by atoms with van der Waals surface area (Å²) < 4.78 is 11.3. The largest absolute Gasteiger partial charge is 0.487 e. The van der Waals surface area contributed by atoms with E-state index in [0.29, 0.717) is 6.61 Å². The van der Waals surface area contributed by atoms with Gasteiger partial charge in [0.15, 0.2) is 0 Å². The molecule has 0 radical (unpaired) electrons. The SMILES string of the molecule is CCOC(=O)Cc1ccc(C#Cc2cc3c(cc2SCC)OC(C)(C)CC3(C)C)cc1. The van der Waals surface area contributed by atoms with E-state index in [1.807, 2.05) is 31.2 Å². The van der Waals surface area contributed by atoms with Crippen LogP contribution in [0.25, 0.3) is 0 Å². The van der Waals surface area contributed by atoms with Crippen molar-refractivity contribution in [3.8, 4) is 17.6 Å². The lowest BCUT2D eigenvalue weighted by Crippen LogP contribution is -2.41. The highest BCUT2D eigenvalue weighted by molar-refractivity contribution is 7.99. The zero-order valence-electron chi connectivity index (χ0n) is 19.4. The first-order chi connectivity index (χ1) is 14.6. The topological polar surface area (TPSA) is 35.5 Å². The molecule has 0 saturated heterocycles. The number of hydrogen-bond acceptors (Lipinski definition) is 4. The van der Waals surface area contributed by atoms with Crippen LogP contribution in [-0.4, -0.2) is 23.9 Å². The molecule has 0 saturated carbocycles. The number of hydrogen-bond donors (Lipinski definition) is 0. The molecule has 164 valence electrons. The fraction of sp³-hybridized carbons (Fsp3) is 0.444. The predicted octanol–water partition coefficient (Wildman–Crippen LogP) is 6.14. The van der Waals surface area contributed by atoms with E-state index < -0.39 is 0 Å². The number of ether oxygens (including phenoxy) is 2. The van der Waals surface area contributed by atoms with Gasteiger partial charge in [0.1, 0.15) is 11.4 Å². The maximum Gasteiger partial charge on any atom is 0.310 e. The third-order valence-electron chi connectivity index (χ3n) is 5.31. The molecule has 3 nitrogen and oxygen atoms in total. The molecule has 0 unspecified atom stereocenters. The second-order valence-corrected chi connectivity index (χ2v) is 10.4. The molecule has 1 heterocycles. The Labute approximate surface area is 190 Å². The van der Waals surface area contributed by atoms with Gasteiger partial charge in [0, 0.05) is 21.6 Å². The van der Waals surface area contributed by atoms with Crippen molar-refractivity contribution in [3.63, 3.8) is 0 Å². The second-order valence-electron chi connectivity index (χ2n) is 9.13. The quantitative estimate of drug-likeness (QED) is 0.320. The molecule has 2 aromatic carbocycles. The molecule has 0 aliphatic carbocycles. The molecular formula is C27H32O3S. The Morgan fingerprint density at radius 3 is 2.45 bits per heavy atom. The first-order valence-corrected chi connectivity index (χ1v) is 11.9. The molecule has 4 heteroatoms. The van der Waals surface area contributed by atoms with Gasteiger partial charge in [-0.1, -0.05) is 44.7 Å². The smallest absolute Gasteiger partial charge is 0.310 e. The highest BCUT2D eigenvalue weighted by Crippen LogP contribution is 2.46. The summed E-state index contributed by atoms with van der Waals surface area (Å²) in [6.07, 6.45) is 1.25. The Balaban J connectivity index is 1.90. The van der Waals surface area contributed by atoms with E-state index in [2.05, 4.69) is 58.6 Å². The van der Waals surface area contributed by atoms with E-state index in [1.54, 1.807) is 11.8 Å². The molecule has 3 rings (SSSR count). The van der Waals surface area contributed by atoms with Crippen molar-refractivity contribution in [2.24, 2.45) is 0 Å². The van der Waals surface area contributed by atoms with E-state index in [9.17, 15) is 4.79 Å². The van der Waals surface area contributed by atoms with Crippen molar-refractivity contribution in [1.82, 2.24) is 0 Å². The van der Waals surface area contributed by atoms with Gasteiger partial charge in [-0.2, -0.15) is 0 Å². The normalized spacial score (nSPS) is 15.8. The van der Waals surface area contributed by atoms with E-state index in [1.165, 1.54) is 5.56 Å². The van der Waals surface area contributed by atoms with Crippen LogP contribution >= 0.6 is 11.8 Å². The van der Waals surface area contributed by atoms with Gasteiger partial charge >= 0.3 is 5.97 Å². The van der Waals surface area contributed by atoms with Crippen molar-refractivity contribution < 1.29 is 14.3 Å². The fourth-order valence-corrected chi connectivity index (χ4v) is 5.03. The Morgan fingerprint density at radius 1 is 1.10 bits per heavy atom. The zero-order valence-corrected chi connectivity index (χ0v) is 20.2. The van der Waals surface area contributed by atoms with Crippen LogP contribution in [0.4, 0.5) is 0 Å². The standard InChI is InChI=1S/C27H32O3S/c1-7-29-25(28)15-20-11-9-19(10-12-20)13-14-21-16-22-23(17-24(21)31-8-2)30-27(5,6)18-26(22,3)4/h9-12,16-17H,7-8,15,18H2,1-6H3. The monoisotopic (exact) mass is 436 g/mol. The van der Waals surface area contributed by atoms with Gasteiger partial charge in [-0.3, -0.25) is 4.79 Å². The van der Waals surface area contributed by atoms with Crippen LogP contribution in [0.15, 0.2) is 41.3 Å². The van der Waals surface area contributed by atoms with Crippen LogP contribution in [0.2, 0.25) is 0 Å². The number of carbonyl (C=O) groups is 1. The van der Waals surface area contributed by atoms with Crippen LogP contribution in [-0.2, 0) is 21.4 Å². The molecule has 2 aromatic rings. The van der Waals surface area contributed by atoms with Crippen LogP contribution in [0.1, 0.15) is 70.2 Å². The summed E-state index contributed by atoms with van der Waals surface area (Å²) in [6.45, 7) is 13.2. The van der Waals surface area contributed by atoms with Crippen LogP contribution in [0.5, 0.6) is 5.75 Å². The summed E-state index contributed by atoms with van der Waals surface area (Å²) in [6, 6.07) is 12.2. The average Bonchev–Trinajstić information content (AvgIpc) is 2.67. The summed E-state index contributed by atoms with van der Waals surface area (Å²) in [5, 5.41) is 0. The molecule has 1 aliphatic heterocycles. The number of thioether (sulfide) groups is 1. The number of rotatable bonds is 5. The maximum absolute atomic E-state index is 11.7. The van der Waals surface area contributed by atoms with Crippen molar-refractivity contribution in [2.45, 2.75) is 70.3 Å². The Hall–Kier alpha value is -2.38. The molecule has 0 bridgehead atoms. The van der Waals surface area contributed by atoms with Crippen molar-refractivity contribution >= 4 is 17.7 Å². The number of esters is 1. The van der Waals surface area contributed by atoms with Crippen LogP contribution < -0.4 is 4.74 Å². The minimum absolute atomic E-state index is 0.0255. The van der Waals surface area contributed by atoms with E-state index in [-0.39, 0.29) is 23.4 Å². The van der Waals surface area contributed by atoms with Crippen molar-refractivity contribution in [2.75, 3.05) is 12.4 Å². The summed E-state index contributed by atoms with van der Waals surface area (Å²) in [5.74, 6) is 8.43. The second kappa shape index (κ2) is 9.40. The van der Waals surface area contributed by atoms with Crippen molar-refractivity contribution in [1.29, 1.82) is 0 Å². The highest BCUT2D eigenvalue weighted by Gasteiger charge is 2.39. The molecular weight excluding hydrogens is 404 g/mol. The van der Waals surface area contributed by atoms with Crippen LogP contribution in [0, 0.1) is 11.8 Å². The minimum atomic E-state index is -0.204. The number of fused-ring (bicyclic) bond motifs is 1. The summed E-state index contributed by atoms with van der Waals surface area (Å²) in [4.78, 5) is 12.8. The fourth-order valence-electron chi connectivity index (χ4n) is 4.26. The molecule has 0 aromatic heterocycles. The maximum atomic E-state index is 11.7. The van der Waals surface area contributed by atoms with Gasteiger partial charge in [0.25, 0.3) is 0 Å². The Bertz CT molecular complexity index is 1010. The lowest BCUT2D eigenvalue weighted by atomic mass is 9.73. The number of benzene rings is 2. The van der Waals surface area contributed by atoms with Gasteiger partial charge in [0.2, 0.25) is 0 Å². The lowest BCUT2D eigenvalue weighted by molar-refractivity contribution is -0.142. The lowest BCUT2D eigenvalue weighted by Gasteiger charge is -2.42. The Kier molecular flexibility index (Phi) is 7.06. The summed E-state index contributed by atoms with van der Waals surface area (Å²) >= 11 is 1.79. The minimum Gasteiger partial charge on any atom is -0.487 e. The predicted molar refractivity (Wildman–Crippen MR) is 128 cm³/mol. The third kappa shape index (κ3) is 5.86. The van der Waals surface area contributed by atoms with Gasteiger partial charge in [-0.15, -0.1) is 11.8 Å². The zero-order chi connectivity index (χ0) is 22.6. The van der Waals surface area contributed by atoms with Gasteiger partial charge in [-0.05, 0) is 68.2 Å². The average molecular weight is 437 g/mol. The first kappa shape index (κ1) is 23.3.